The maximum atomic E-state index is 13.1. The molecule has 0 saturated carbocycles. The van der Waals surface area contributed by atoms with Crippen LogP contribution in [0.25, 0.3) is 0 Å². The molecule has 0 saturated heterocycles. The van der Waals surface area contributed by atoms with Crippen LogP contribution in [0.2, 0.25) is 0 Å². The molecule has 3 atom stereocenters. The summed E-state index contributed by atoms with van der Waals surface area (Å²) in [6, 6.07) is -0.937. The third-order valence-corrected chi connectivity index (χ3v) is 5.63. The molecule has 0 aliphatic carbocycles. The minimum absolute atomic E-state index is 0.0590. The fraction of sp³-hybridized carbons (Fsp3) is 0.875. The zero-order chi connectivity index (χ0) is 20.5. The molecule has 26 heavy (non-hydrogen) atoms. The molecule has 0 spiro atoms. The summed E-state index contributed by atoms with van der Waals surface area (Å²) in [6.07, 6.45) is 1.67. The maximum absolute atomic E-state index is 13.1. The summed E-state index contributed by atoms with van der Waals surface area (Å²) in [5.74, 6) is -2.29. The van der Waals surface area contributed by atoms with Crippen LogP contribution in [0.3, 0.4) is 0 Å². The number of likely N-dealkylation sites (N-methyl/N-ethyl adjacent to an activating group) is 1. The third-order valence-electron chi connectivity index (χ3n) is 4.31. The second-order valence-electron chi connectivity index (χ2n) is 7.02. The second-order valence-corrected chi connectivity index (χ2v) is 8.82. The summed E-state index contributed by atoms with van der Waals surface area (Å²) >= 11 is 0. The lowest BCUT2D eigenvalue weighted by Gasteiger charge is -2.33. The lowest BCUT2D eigenvalue weighted by Crippen LogP contribution is -2.64. The van der Waals surface area contributed by atoms with Crippen LogP contribution in [0.1, 0.15) is 52.9 Å². The molecule has 0 aromatic carbocycles. The van der Waals surface area contributed by atoms with Crippen molar-refractivity contribution in [2.24, 2.45) is 17.4 Å². The first-order chi connectivity index (χ1) is 11.9. The fourth-order valence-corrected chi connectivity index (χ4v) is 3.69. The van der Waals surface area contributed by atoms with Gasteiger partial charge in [0, 0.05) is 7.05 Å². The number of hydrogen-bond donors (Lipinski definition) is 6. The van der Waals surface area contributed by atoms with Crippen LogP contribution in [0.4, 0.5) is 0 Å². The van der Waals surface area contributed by atoms with Crippen LogP contribution < -0.4 is 22.1 Å². The first kappa shape index (κ1) is 25.2. The molecule has 0 bridgehead atoms. The van der Waals surface area contributed by atoms with E-state index in [9.17, 15) is 23.9 Å². The van der Waals surface area contributed by atoms with Gasteiger partial charge in [-0.25, -0.2) is 0 Å². The number of amides is 1. The predicted molar refractivity (Wildman–Crippen MR) is 101 cm³/mol. The van der Waals surface area contributed by atoms with E-state index in [0.717, 1.165) is 0 Å². The molecular weight excluding hydrogens is 359 g/mol. The minimum atomic E-state index is -4.44. The Morgan fingerprint density at radius 3 is 2.19 bits per heavy atom. The van der Waals surface area contributed by atoms with Gasteiger partial charge in [0.05, 0.1) is 6.04 Å². The van der Waals surface area contributed by atoms with E-state index in [4.69, 9.17) is 11.5 Å². The average molecular weight is 394 g/mol. The third kappa shape index (κ3) is 7.42. The van der Waals surface area contributed by atoms with Crippen molar-refractivity contribution in [2.45, 2.75) is 70.2 Å². The number of nitrogens with one attached hydrogen (secondary N) is 2. The molecule has 0 fully saturated rings. The average Bonchev–Trinajstić information content (AvgIpc) is 2.55. The Balaban J connectivity index is 5.68. The van der Waals surface area contributed by atoms with Gasteiger partial charge in [-0.2, -0.15) is 0 Å². The van der Waals surface area contributed by atoms with E-state index < -0.39 is 36.6 Å². The van der Waals surface area contributed by atoms with Crippen molar-refractivity contribution in [1.82, 2.24) is 10.6 Å². The number of hydrogen-bond acceptors (Lipinski definition) is 6. The van der Waals surface area contributed by atoms with Crippen molar-refractivity contribution in [1.29, 1.82) is 0 Å². The first-order valence-electron chi connectivity index (χ1n) is 9.00. The van der Waals surface area contributed by atoms with Crippen molar-refractivity contribution in [3.8, 4) is 0 Å². The van der Waals surface area contributed by atoms with E-state index in [0.29, 0.717) is 25.8 Å². The van der Waals surface area contributed by atoms with Crippen LogP contribution in [0, 0.1) is 5.92 Å². The standard InChI is InChI=1S/C16H35N4O5P/c1-5-13(26(23,24)25)20-12(10-11(2)3)14(21)16(18,15(22)19-4)8-6-7-9-17/h11-13,20H,5-10,17-18H2,1-4H3,(H,19,22)(H2,23,24,25)/t12-,13+,16-/m0/s1. The minimum Gasteiger partial charge on any atom is -0.357 e. The molecule has 0 rings (SSSR count). The molecule has 154 valence electrons. The quantitative estimate of drug-likeness (QED) is 0.145. The van der Waals surface area contributed by atoms with E-state index >= 15 is 0 Å². The van der Waals surface area contributed by atoms with E-state index in [1.54, 1.807) is 6.92 Å². The molecule has 0 aromatic rings. The Morgan fingerprint density at radius 1 is 1.23 bits per heavy atom. The number of nitrogens with two attached hydrogens (primary N) is 2. The van der Waals surface area contributed by atoms with Gasteiger partial charge in [-0.1, -0.05) is 20.8 Å². The van der Waals surface area contributed by atoms with E-state index in [2.05, 4.69) is 10.6 Å². The van der Waals surface area contributed by atoms with Crippen LogP contribution in [-0.4, -0.2) is 52.4 Å². The number of unbranched alkanes of at least 4 members (excludes halogenated alkanes) is 1. The van der Waals surface area contributed by atoms with E-state index in [1.807, 2.05) is 13.8 Å². The smallest absolute Gasteiger partial charge is 0.342 e. The molecule has 1 amide bonds. The van der Waals surface area contributed by atoms with Crippen LogP contribution in [0.5, 0.6) is 0 Å². The highest BCUT2D eigenvalue weighted by Gasteiger charge is 2.45. The highest BCUT2D eigenvalue weighted by atomic mass is 31.2. The molecule has 8 N–H and O–H groups in total. The molecule has 10 heteroatoms. The van der Waals surface area contributed by atoms with E-state index in [1.165, 1.54) is 7.05 Å². The molecule has 0 unspecified atom stereocenters. The molecule has 0 aliphatic rings. The van der Waals surface area contributed by atoms with Gasteiger partial charge in [0.15, 0.2) is 11.3 Å². The highest BCUT2D eigenvalue weighted by molar-refractivity contribution is 7.52. The van der Waals surface area contributed by atoms with Crippen LogP contribution >= 0.6 is 7.60 Å². The fourth-order valence-electron chi connectivity index (χ4n) is 2.84. The van der Waals surface area contributed by atoms with Gasteiger partial charge >= 0.3 is 7.60 Å². The van der Waals surface area contributed by atoms with Crippen molar-refractivity contribution in [2.75, 3.05) is 13.6 Å². The Morgan fingerprint density at radius 2 is 1.81 bits per heavy atom. The summed E-state index contributed by atoms with van der Waals surface area (Å²) in [7, 11) is -3.04. The monoisotopic (exact) mass is 394 g/mol. The largest absolute Gasteiger partial charge is 0.357 e. The van der Waals surface area contributed by atoms with Crippen molar-refractivity contribution in [3.05, 3.63) is 0 Å². The van der Waals surface area contributed by atoms with Crippen molar-refractivity contribution in [3.63, 3.8) is 0 Å². The Kier molecular flexibility index (Phi) is 10.8. The van der Waals surface area contributed by atoms with Crippen molar-refractivity contribution < 1.29 is 23.9 Å². The van der Waals surface area contributed by atoms with Gasteiger partial charge in [-0.05, 0) is 44.6 Å². The molecular formula is C16H35N4O5P. The maximum Gasteiger partial charge on any atom is 0.342 e. The van der Waals surface area contributed by atoms with Crippen LogP contribution in [0.15, 0.2) is 0 Å². The zero-order valence-corrected chi connectivity index (χ0v) is 17.1. The number of Topliss-reactive ketones (excluding diaryl/α,β-unsaturated/α-hetero) is 1. The summed E-state index contributed by atoms with van der Waals surface area (Å²) in [4.78, 5) is 44.5. The summed E-state index contributed by atoms with van der Waals surface area (Å²) in [5, 5.41) is 5.17. The van der Waals surface area contributed by atoms with Gasteiger partial charge in [0.2, 0.25) is 5.91 Å². The number of carbonyl (C=O) groups is 2. The molecule has 0 aliphatic heterocycles. The van der Waals surface area contributed by atoms with Gasteiger partial charge in [-0.15, -0.1) is 0 Å². The number of ketones is 1. The number of rotatable bonds is 13. The van der Waals surface area contributed by atoms with Crippen molar-refractivity contribution >= 4 is 19.3 Å². The summed E-state index contributed by atoms with van der Waals surface area (Å²) in [6.45, 7) is 5.80. The van der Waals surface area contributed by atoms with E-state index in [-0.39, 0.29) is 18.8 Å². The lowest BCUT2D eigenvalue weighted by molar-refractivity contribution is -0.137. The topological polar surface area (TPSA) is 168 Å². The molecule has 9 nitrogen and oxygen atoms in total. The number of carbonyl (C=O) groups excluding carboxylic acids is 2. The lowest BCUT2D eigenvalue weighted by atomic mass is 9.82. The zero-order valence-electron chi connectivity index (χ0n) is 16.2. The Labute approximate surface area is 155 Å². The Bertz CT molecular complexity index is 511. The first-order valence-corrected chi connectivity index (χ1v) is 10.7. The molecule has 0 heterocycles. The Hall–Kier alpha value is -0.830. The van der Waals surface area contributed by atoms with Crippen LogP contribution in [-0.2, 0) is 14.2 Å². The summed E-state index contributed by atoms with van der Waals surface area (Å²) in [5.41, 5.74) is 9.90. The van der Waals surface area contributed by atoms with Gasteiger partial charge in [0.25, 0.3) is 0 Å². The molecule has 0 radical (unpaired) electrons. The second kappa shape index (κ2) is 11.1. The van der Waals surface area contributed by atoms with Gasteiger partial charge in [-0.3, -0.25) is 19.5 Å². The van der Waals surface area contributed by atoms with Gasteiger partial charge < -0.3 is 26.6 Å². The molecule has 0 aromatic heterocycles. The SMILES string of the molecule is CC[C@H](N[C@@H](CC(C)C)C(=O)[C@@](N)(CCCCN)C(=O)NC)P(=O)(O)O. The van der Waals surface area contributed by atoms with Gasteiger partial charge in [0.1, 0.15) is 5.78 Å². The predicted octanol–water partition coefficient (Wildman–Crippen LogP) is 0.0461. The normalized spacial score (nSPS) is 16.8. The summed E-state index contributed by atoms with van der Waals surface area (Å²) < 4.78 is 11.7. The highest BCUT2D eigenvalue weighted by Crippen LogP contribution is 2.41.